The standard InChI is InChI=1S/C13H7ClF8N4OS/c14-6-3-26-9(27)7(8(12(17,18)19)25-10(26)28-6)5(1-23)2-24-4-11(15,16)13(20,21)22/h1-3,23-24H,4H2/b5-2+,23-1?. The highest BCUT2D eigenvalue weighted by Gasteiger charge is 2.57. The maximum absolute atomic E-state index is 13.3. The molecular formula is C13H7ClF8N4OS. The highest BCUT2D eigenvalue weighted by atomic mass is 35.5. The second kappa shape index (κ2) is 7.31. The molecule has 15 heteroatoms. The number of aromatic nitrogens is 2. The second-order valence-corrected chi connectivity index (χ2v) is 6.79. The molecule has 2 aromatic heterocycles. The van der Waals surface area contributed by atoms with Crippen LogP contribution in [-0.4, -0.2) is 34.2 Å². The van der Waals surface area contributed by atoms with Gasteiger partial charge in [-0.05, 0) is 0 Å². The summed E-state index contributed by atoms with van der Waals surface area (Å²) in [6.07, 6.45) is -9.66. The molecule has 0 bridgehead atoms. The van der Waals surface area contributed by atoms with Gasteiger partial charge in [0, 0.05) is 24.2 Å². The van der Waals surface area contributed by atoms with Crippen molar-refractivity contribution >= 4 is 39.7 Å². The number of allylic oxidation sites excluding steroid dienone is 1. The molecule has 154 valence electrons. The van der Waals surface area contributed by atoms with E-state index in [9.17, 15) is 39.9 Å². The zero-order valence-electron chi connectivity index (χ0n) is 13.1. The molecule has 0 radical (unpaired) electrons. The Morgan fingerprint density at radius 1 is 1.25 bits per heavy atom. The van der Waals surface area contributed by atoms with Gasteiger partial charge in [-0.15, -0.1) is 0 Å². The Kier molecular flexibility index (Phi) is 5.76. The fourth-order valence-corrected chi connectivity index (χ4v) is 2.96. The molecule has 0 aliphatic rings. The summed E-state index contributed by atoms with van der Waals surface area (Å²) in [5, 5.41) is 8.65. The number of fused-ring (bicyclic) bond motifs is 1. The van der Waals surface area contributed by atoms with Gasteiger partial charge in [0.25, 0.3) is 5.56 Å². The molecule has 0 aromatic carbocycles. The maximum Gasteiger partial charge on any atom is 0.455 e. The normalized spacial score (nSPS) is 13.8. The minimum absolute atomic E-state index is 0.0850. The fraction of sp³-hybridized carbons (Fsp3) is 0.308. The highest BCUT2D eigenvalue weighted by molar-refractivity contribution is 7.20. The maximum atomic E-state index is 13.3. The van der Waals surface area contributed by atoms with Gasteiger partial charge in [0.15, 0.2) is 10.7 Å². The molecular weight excluding hydrogens is 448 g/mol. The molecule has 2 rings (SSSR count). The van der Waals surface area contributed by atoms with E-state index in [0.717, 1.165) is 6.20 Å². The lowest BCUT2D eigenvalue weighted by molar-refractivity contribution is -0.278. The van der Waals surface area contributed by atoms with Gasteiger partial charge in [-0.2, -0.15) is 35.1 Å². The van der Waals surface area contributed by atoms with Crippen molar-refractivity contribution in [2.75, 3.05) is 6.54 Å². The average molecular weight is 455 g/mol. The van der Waals surface area contributed by atoms with E-state index in [0.29, 0.717) is 15.7 Å². The lowest BCUT2D eigenvalue weighted by Gasteiger charge is -2.19. The number of alkyl halides is 8. The van der Waals surface area contributed by atoms with E-state index >= 15 is 0 Å². The molecule has 0 fully saturated rings. The molecule has 2 N–H and O–H groups in total. The molecule has 0 aliphatic carbocycles. The van der Waals surface area contributed by atoms with E-state index in [1.54, 1.807) is 0 Å². The third kappa shape index (κ3) is 4.27. The first-order valence-corrected chi connectivity index (χ1v) is 8.06. The highest BCUT2D eigenvalue weighted by Crippen LogP contribution is 2.35. The number of thiazole rings is 1. The number of nitrogens with zero attached hydrogens (tertiary/aromatic N) is 2. The largest absolute Gasteiger partial charge is 0.455 e. The van der Waals surface area contributed by atoms with E-state index < -0.39 is 52.2 Å². The fourth-order valence-electron chi connectivity index (χ4n) is 1.96. The lowest BCUT2D eigenvalue weighted by atomic mass is 10.1. The molecule has 28 heavy (non-hydrogen) atoms. The third-order valence-corrected chi connectivity index (χ3v) is 4.31. The molecule has 0 saturated carbocycles. The van der Waals surface area contributed by atoms with Gasteiger partial charge in [-0.1, -0.05) is 22.9 Å². The summed E-state index contributed by atoms with van der Waals surface area (Å²) in [4.78, 5) is 15.2. The van der Waals surface area contributed by atoms with Gasteiger partial charge in [0.05, 0.1) is 12.1 Å². The summed E-state index contributed by atoms with van der Waals surface area (Å²) in [7, 11) is 0. The smallest absolute Gasteiger partial charge is 0.384 e. The van der Waals surface area contributed by atoms with Crippen molar-refractivity contribution in [1.29, 1.82) is 5.41 Å². The number of halogens is 9. The van der Waals surface area contributed by atoms with Crippen LogP contribution in [0.15, 0.2) is 17.2 Å². The van der Waals surface area contributed by atoms with Gasteiger partial charge in [-0.25, -0.2) is 4.98 Å². The van der Waals surface area contributed by atoms with Crippen LogP contribution in [0, 0.1) is 5.41 Å². The first-order valence-electron chi connectivity index (χ1n) is 6.87. The van der Waals surface area contributed by atoms with Gasteiger partial charge >= 0.3 is 18.3 Å². The third-order valence-electron chi connectivity index (χ3n) is 3.21. The monoisotopic (exact) mass is 454 g/mol. The van der Waals surface area contributed by atoms with Gasteiger partial charge in [0.1, 0.15) is 4.34 Å². The summed E-state index contributed by atoms with van der Waals surface area (Å²) in [5.41, 5.74) is -5.19. The zero-order valence-corrected chi connectivity index (χ0v) is 14.6. The van der Waals surface area contributed by atoms with Gasteiger partial charge in [-0.3, -0.25) is 9.20 Å². The van der Waals surface area contributed by atoms with E-state index in [2.05, 4.69) is 4.98 Å². The summed E-state index contributed by atoms with van der Waals surface area (Å²) in [6.45, 7) is -2.02. The van der Waals surface area contributed by atoms with Crippen LogP contribution in [0.4, 0.5) is 35.1 Å². The van der Waals surface area contributed by atoms with E-state index in [1.165, 1.54) is 5.32 Å². The molecule has 5 nitrogen and oxygen atoms in total. The Morgan fingerprint density at radius 2 is 1.86 bits per heavy atom. The van der Waals surface area contributed by atoms with E-state index in [1.807, 2.05) is 0 Å². The van der Waals surface area contributed by atoms with Crippen molar-refractivity contribution in [3.05, 3.63) is 38.3 Å². The van der Waals surface area contributed by atoms with Crippen molar-refractivity contribution in [3.63, 3.8) is 0 Å². The Bertz CT molecular complexity index is 991. The van der Waals surface area contributed by atoms with Crippen LogP contribution < -0.4 is 10.9 Å². The second-order valence-electron chi connectivity index (χ2n) is 5.15. The zero-order chi connectivity index (χ0) is 21.5. The Balaban J connectivity index is 2.58. The topological polar surface area (TPSA) is 70.2 Å². The Labute approximate surface area is 158 Å². The van der Waals surface area contributed by atoms with E-state index in [-0.39, 0.29) is 16.8 Å². The quantitative estimate of drug-likeness (QED) is 0.525. The van der Waals surface area contributed by atoms with Crippen molar-refractivity contribution in [3.8, 4) is 0 Å². The molecule has 0 amide bonds. The van der Waals surface area contributed by atoms with Crippen molar-refractivity contribution in [1.82, 2.24) is 14.7 Å². The molecule has 0 aliphatic heterocycles. The van der Waals surface area contributed by atoms with Crippen LogP contribution in [0.3, 0.4) is 0 Å². The minimum atomic E-state index is -5.90. The molecule has 2 heterocycles. The lowest BCUT2D eigenvalue weighted by Crippen LogP contribution is -2.44. The SMILES string of the molecule is N=C/C(=C\NCC(F)(F)C(F)(F)F)c1c(C(F)(F)F)nc2sc(Cl)cn2c1=O. The summed E-state index contributed by atoms with van der Waals surface area (Å²) in [5.74, 6) is -5.19. The van der Waals surface area contributed by atoms with Crippen LogP contribution in [0.5, 0.6) is 0 Å². The Hall–Kier alpha value is -2.22. The molecule has 0 saturated heterocycles. The number of hydrogen-bond donors (Lipinski definition) is 2. The van der Waals surface area contributed by atoms with Crippen LogP contribution in [-0.2, 0) is 6.18 Å². The van der Waals surface area contributed by atoms with Crippen LogP contribution in [0.1, 0.15) is 11.3 Å². The predicted molar refractivity (Wildman–Crippen MR) is 85.1 cm³/mol. The number of rotatable bonds is 5. The molecule has 0 spiro atoms. The first-order chi connectivity index (χ1) is 12.7. The molecule has 0 atom stereocenters. The number of nitrogens with one attached hydrogen (secondary N) is 2. The summed E-state index contributed by atoms with van der Waals surface area (Å²) < 4.78 is 103. The van der Waals surface area contributed by atoms with Crippen LogP contribution in [0.2, 0.25) is 4.34 Å². The molecule has 2 aromatic rings. The van der Waals surface area contributed by atoms with Crippen LogP contribution >= 0.6 is 22.9 Å². The Morgan fingerprint density at radius 3 is 2.36 bits per heavy atom. The predicted octanol–water partition coefficient (Wildman–Crippen LogP) is 4.21. The molecule has 0 unspecified atom stereocenters. The summed E-state index contributed by atoms with van der Waals surface area (Å²) in [6, 6.07) is 0. The van der Waals surface area contributed by atoms with Gasteiger partial charge < -0.3 is 10.7 Å². The van der Waals surface area contributed by atoms with Gasteiger partial charge in [0.2, 0.25) is 0 Å². The summed E-state index contributed by atoms with van der Waals surface area (Å²) >= 11 is 6.19. The number of hydrogen-bond acceptors (Lipinski definition) is 5. The minimum Gasteiger partial charge on any atom is -0.384 e. The van der Waals surface area contributed by atoms with E-state index in [4.69, 9.17) is 17.0 Å². The van der Waals surface area contributed by atoms with Crippen molar-refractivity contribution < 1.29 is 35.1 Å². The van der Waals surface area contributed by atoms with Crippen molar-refractivity contribution in [2.24, 2.45) is 0 Å². The van der Waals surface area contributed by atoms with Crippen molar-refractivity contribution in [2.45, 2.75) is 18.3 Å². The average Bonchev–Trinajstić information content (AvgIpc) is 2.91. The van der Waals surface area contributed by atoms with Crippen LogP contribution in [0.25, 0.3) is 10.5 Å². The first kappa shape index (κ1) is 22.1.